The van der Waals surface area contributed by atoms with Crippen LogP contribution in [-0.2, 0) is 21.4 Å². The predicted molar refractivity (Wildman–Crippen MR) is 128 cm³/mol. The van der Waals surface area contributed by atoms with Gasteiger partial charge in [0.15, 0.2) is 0 Å². The Kier molecular flexibility index (Phi) is 6.35. The first kappa shape index (κ1) is 22.5. The fraction of sp³-hybridized carbons (Fsp3) is 0.346. The van der Waals surface area contributed by atoms with Crippen LogP contribution in [0.4, 0.5) is 0 Å². The zero-order valence-corrected chi connectivity index (χ0v) is 19.7. The number of rotatable bonds is 5. The van der Waals surface area contributed by atoms with Gasteiger partial charge in [-0.2, -0.15) is 4.31 Å². The number of carbonyl (C=O) groups excluding carboxylic acids is 1. The van der Waals surface area contributed by atoms with E-state index in [1.54, 1.807) is 17.0 Å². The van der Waals surface area contributed by atoms with E-state index in [9.17, 15) is 13.2 Å². The van der Waals surface area contributed by atoms with Crippen molar-refractivity contribution in [2.45, 2.75) is 38.1 Å². The minimum absolute atomic E-state index is 0.0846. The van der Waals surface area contributed by atoms with Gasteiger partial charge in [0.25, 0.3) is 0 Å². The Morgan fingerprint density at radius 3 is 2.31 bits per heavy atom. The molecular formula is C26H30N2O3S. The summed E-state index contributed by atoms with van der Waals surface area (Å²) >= 11 is 0. The predicted octanol–water partition coefficient (Wildman–Crippen LogP) is 4.52. The number of sulfonamides is 1. The van der Waals surface area contributed by atoms with E-state index in [0.29, 0.717) is 37.4 Å². The van der Waals surface area contributed by atoms with Crippen LogP contribution in [0.5, 0.6) is 0 Å². The van der Waals surface area contributed by atoms with Crippen LogP contribution < -0.4 is 0 Å². The molecule has 168 valence electrons. The second-order valence-electron chi connectivity index (χ2n) is 8.80. The van der Waals surface area contributed by atoms with Gasteiger partial charge in [0, 0.05) is 32.6 Å². The third-order valence-electron chi connectivity index (χ3n) is 6.53. The lowest BCUT2D eigenvalue weighted by Gasteiger charge is -2.32. The molecule has 3 aromatic carbocycles. The van der Waals surface area contributed by atoms with E-state index in [1.165, 1.54) is 9.69 Å². The first-order valence-corrected chi connectivity index (χ1v) is 12.5. The molecule has 0 N–H and O–H groups in total. The lowest BCUT2D eigenvalue weighted by Crippen LogP contribution is -2.43. The Morgan fingerprint density at radius 2 is 1.62 bits per heavy atom. The summed E-state index contributed by atoms with van der Waals surface area (Å²) in [4.78, 5) is 15.1. The summed E-state index contributed by atoms with van der Waals surface area (Å²) in [7, 11) is -1.70. The van der Waals surface area contributed by atoms with Crippen LogP contribution in [0.2, 0.25) is 0 Å². The van der Waals surface area contributed by atoms with Gasteiger partial charge in [-0.25, -0.2) is 8.42 Å². The molecule has 0 spiro atoms. The summed E-state index contributed by atoms with van der Waals surface area (Å²) in [6.45, 7) is 5.18. The molecule has 6 heteroatoms. The SMILES string of the molecule is Cc1ccc(S(=O)(=O)N2CCC(C(=O)N(C)Cc3ccc4ccccc4c3)CC2)cc1C. The molecule has 1 fully saturated rings. The number of aryl methyl sites for hydroxylation is 2. The van der Waals surface area contributed by atoms with E-state index in [0.717, 1.165) is 22.1 Å². The molecule has 0 radical (unpaired) electrons. The number of hydrogen-bond acceptors (Lipinski definition) is 3. The molecule has 3 aromatic rings. The molecule has 0 saturated carbocycles. The minimum Gasteiger partial charge on any atom is -0.341 e. The molecule has 4 rings (SSSR count). The quantitative estimate of drug-likeness (QED) is 0.574. The lowest BCUT2D eigenvalue weighted by atomic mass is 9.96. The molecule has 1 amide bonds. The largest absolute Gasteiger partial charge is 0.341 e. The third kappa shape index (κ3) is 4.57. The summed E-state index contributed by atoms with van der Waals surface area (Å²) in [5.41, 5.74) is 3.13. The first-order chi connectivity index (χ1) is 15.3. The van der Waals surface area contributed by atoms with Crippen molar-refractivity contribution in [1.29, 1.82) is 0 Å². The molecule has 1 aliphatic heterocycles. The van der Waals surface area contributed by atoms with Gasteiger partial charge in [-0.15, -0.1) is 0 Å². The standard InChI is InChI=1S/C26H30N2O3S/c1-19-8-11-25(16-20(19)2)32(30,31)28-14-12-23(13-15-28)26(29)27(3)18-21-9-10-22-6-4-5-7-24(22)17-21/h4-11,16-17,23H,12-15,18H2,1-3H3. The third-order valence-corrected chi connectivity index (χ3v) is 8.42. The summed E-state index contributed by atoms with van der Waals surface area (Å²) in [5.74, 6) is -0.0620. The highest BCUT2D eigenvalue weighted by molar-refractivity contribution is 7.89. The molecule has 0 aromatic heterocycles. The smallest absolute Gasteiger partial charge is 0.243 e. The van der Waals surface area contributed by atoms with Crippen molar-refractivity contribution in [2.75, 3.05) is 20.1 Å². The maximum atomic E-state index is 13.0. The average Bonchev–Trinajstić information content (AvgIpc) is 2.80. The van der Waals surface area contributed by atoms with Gasteiger partial charge in [-0.3, -0.25) is 4.79 Å². The number of fused-ring (bicyclic) bond motifs is 1. The molecule has 0 bridgehead atoms. The zero-order valence-electron chi connectivity index (χ0n) is 18.9. The number of amides is 1. The van der Waals surface area contributed by atoms with Crippen LogP contribution in [0.1, 0.15) is 29.5 Å². The number of nitrogens with zero attached hydrogens (tertiary/aromatic N) is 2. The zero-order chi connectivity index (χ0) is 22.9. The first-order valence-electron chi connectivity index (χ1n) is 11.1. The fourth-order valence-corrected chi connectivity index (χ4v) is 5.92. The molecular weight excluding hydrogens is 420 g/mol. The Hall–Kier alpha value is -2.70. The average molecular weight is 451 g/mol. The lowest BCUT2D eigenvalue weighted by molar-refractivity contribution is -0.135. The maximum Gasteiger partial charge on any atom is 0.243 e. The summed E-state index contributed by atoms with van der Waals surface area (Å²) in [6, 6.07) is 19.7. The van der Waals surface area contributed by atoms with Crippen LogP contribution in [0.15, 0.2) is 65.6 Å². The summed E-state index contributed by atoms with van der Waals surface area (Å²) in [6.07, 6.45) is 1.09. The van der Waals surface area contributed by atoms with Gasteiger partial charge in [-0.1, -0.05) is 42.5 Å². The van der Waals surface area contributed by atoms with Gasteiger partial charge >= 0.3 is 0 Å². The van der Waals surface area contributed by atoms with E-state index < -0.39 is 10.0 Å². The molecule has 32 heavy (non-hydrogen) atoms. The van der Waals surface area contributed by atoms with Gasteiger partial charge < -0.3 is 4.90 Å². The van der Waals surface area contributed by atoms with Crippen LogP contribution in [0.25, 0.3) is 10.8 Å². The Bertz CT molecular complexity index is 1240. The Morgan fingerprint density at radius 1 is 0.938 bits per heavy atom. The van der Waals surface area contributed by atoms with Gasteiger partial charge in [0.05, 0.1) is 4.90 Å². The number of hydrogen-bond donors (Lipinski definition) is 0. The van der Waals surface area contributed by atoms with Crippen molar-refractivity contribution in [1.82, 2.24) is 9.21 Å². The van der Waals surface area contributed by atoms with Crippen LogP contribution in [0, 0.1) is 19.8 Å². The van der Waals surface area contributed by atoms with Crippen LogP contribution in [-0.4, -0.2) is 43.7 Å². The van der Waals surface area contributed by atoms with E-state index >= 15 is 0 Å². The van der Waals surface area contributed by atoms with Crippen LogP contribution in [0.3, 0.4) is 0 Å². The van der Waals surface area contributed by atoms with Crippen molar-refractivity contribution in [3.63, 3.8) is 0 Å². The number of carbonyl (C=O) groups is 1. The highest BCUT2D eigenvalue weighted by Gasteiger charge is 2.33. The Balaban J connectivity index is 1.38. The number of benzene rings is 3. The summed E-state index contributed by atoms with van der Waals surface area (Å²) < 4.78 is 27.6. The van der Waals surface area contributed by atoms with Gasteiger partial charge in [-0.05, 0) is 72.4 Å². The highest BCUT2D eigenvalue weighted by Crippen LogP contribution is 2.26. The van der Waals surface area contributed by atoms with Crippen molar-refractivity contribution in [3.8, 4) is 0 Å². The van der Waals surface area contributed by atoms with Gasteiger partial charge in [0.2, 0.25) is 15.9 Å². The second kappa shape index (κ2) is 9.04. The molecule has 1 aliphatic rings. The van der Waals surface area contributed by atoms with Gasteiger partial charge in [0.1, 0.15) is 0 Å². The molecule has 5 nitrogen and oxygen atoms in total. The second-order valence-corrected chi connectivity index (χ2v) is 10.7. The topological polar surface area (TPSA) is 57.7 Å². The van der Waals surface area contributed by atoms with Crippen molar-refractivity contribution >= 4 is 26.7 Å². The van der Waals surface area contributed by atoms with Crippen molar-refractivity contribution in [3.05, 3.63) is 77.4 Å². The van der Waals surface area contributed by atoms with E-state index in [-0.39, 0.29) is 11.8 Å². The highest BCUT2D eigenvalue weighted by atomic mass is 32.2. The van der Waals surface area contributed by atoms with Crippen LogP contribution >= 0.6 is 0 Å². The van der Waals surface area contributed by atoms with E-state index in [4.69, 9.17) is 0 Å². The number of piperidine rings is 1. The monoisotopic (exact) mass is 450 g/mol. The maximum absolute atomic E-state index is 13.0. The van der Waals surface area contributed by atoms with Crippen molar-refractivity contribution < 1.29 is 13.2 Å². The fourth-order valence-electron chi connectivity index (χ4n) is 4.37. The normalized spacial score (nSPS) is 15.7. The van der Waals surface area contributed by atoms with E-state index in [2.05, 4.69) is 30.3 Å². The molecule has 0 aliphatic carbocycles. The molecule has 1 saturated heterocycles. The molecule has 0 atom stereocenters. The minimum atomic E-state index is -3.53. The van der Waals surface area contributed by atoms with E-state index in [1.807, 2.05) is 39.1 Å². The molecule has 1 heterocycles. The Labute approximate surface area is 190 Å². The molecule has 0 unspecified atom stereocenters. The summed E-state index contributed by atoms with van der Waals surface area (Å²) in [5, 5.41) is 2.35. The van der Waals surface area contributed by atoms with Crippen molar-refractivity contribution in [2.24, 2.45) is 5.92 Å².